The minimum atomic E-state index is -3.88. The Morgan fingerprint density at radius 3 is 2.48 bits per heavy atom. The molecule has 5 nitrogen and oxygen atoms in total. The topological polar surface area (TPSA) is 76.5 Å². The van der Waals surface area contributed by atoms with Gasteiger partial charge in [-0.3, -0.25) is 4.98 Å². The molecule has 0 fully saturated rings. The minimum absolute atomic E-state index is 0.0600. The largest absolute Gasteiger partial charge is 0.506 e. The first-order valence-corrected chi connectivity index (χ1v) is 8.87. The predicted molar refractivity (Wildman–Crippen MR) is 89.6 cm³/mol. The van der Waals surface area contributed by atoms with Gasteiger partial charge >= 0.3 is 0 Å². The van der Waals surface area contributed by atoms with E-state index in [2.05, 4.69) is 20.9 Å². The third-order valence-electron chi connectivity index (χ3n) is 3.43. The maximum atomic E-state index is 12.7. The van der Waals surface area contributed by atoms with Crippen molar-refractivity contribution in [1.82, 2.24) is 4.98 Å². The molecule has 7 heteroatoms. The SMILES string of the molecule is COc1ccc(S(=O)(=O)c2cnc3ccc(Br)cc3c2O)cc1. The normalized spacial score (nSPS) is 11.6. The number of pyridine rings is 1. The van der Waals surface area contributed by atoms with E-state index in [1.54, 1.807) is 30.3 Å². The van der Waals surface area contributed by atoms with Crippen LogP contribution in [0, 0.1) is 0 Å². The lowest BCUT2D eigenvalue weighted by Crippen LogP contribution is -2.03. The van der Waals surface area contributed by atoms with Gasteiger partial charge in [-0.1, -0.05) is 15.9 Å². The fourth-order valence-electron chi connectivity index (χ4n) is 2.21. The number of hydrogen-bond acceptors (Lipinski definition) is 5. The van der Waals surface area contributed by atoms with E-state index in [0.29, 0.717) is 16.7 Å². The molecule has 2 aromatic carbocycles. The molecule has 0 saturated heterocycles. The zero-order valence-electron chi connectivity index (χ0n) is 12.0. The monoisotopic (exact) mass is 393 g/mol. The van der Waals surface area contributed by atoms with Crippen LogP contribution in [0.25, 0.3) is 10.9 Å². The molecular formula is C16H12BrNO4S. The number of hydrogen-bond donors (Lipinski definition) is 1. The van der Waals surface area contributed by atoms with Gasteiger partial charge in [0.25, 0.3) is 0 Å². The molecule has 3 aromatic rings. The molecule has 0 unspecified atom stereocenters. The Bertz CT molecular complexity index is 985. The van der Waals surface area contributed by atoms with Crippen LogP contribution in [0.2, 0.25) is 0 Å². The van der Waals surface area contributed by atoms with Gasteiger partial charge in [0.2, 0.25) is 9.84 Å². The fourth-order valence-corrected chi connectivity index (χ4v) is 3.88. The van der Waals surface area contributed by atoms with Crippen molar-refractivity contribution in [3.05, 3.63) is 53.1 Å². The fraction of sp³-hybridized carbons (Fsp3) is 0.0625. The molecule has 3 rings (SSSR count). The molecule has 0 saturated carbocycles. The molecule has 0 spiro atoms. The average molecular weight is 394 g/mol. The van der Waals surface area contributed by atoms with Gasteiger partial charge in [-0.05, 0) is 42.5 Å². The molecule has 0 aliphatic rings. The highest BCUT2D eigenvalue weighted by Gasteiger charge is 2.23. The Morgan fingerprint density at radius 1 is 1.13 bits per heavy atom. The van der Waals surface area contributed by atoms with Crippen LogP contribution in [-0.2, 0) is 9.84 Å². The van der Waals surface area contributed by atoms with E-state index in [-0.39, 0.29) is 15.5 Å². The number of rotatable bonds is 3. The highest BCUT2D eigenvalue weighted by atomic mass is 79.9. The summed E-state index contributed by atoms with van der Waals surface area (Å²) in [7, 11) is -2.38. The number of nitrogens with zero attached hydrogens (tertiary/aromatic N) is 1. The van der Waals surface area contributed by atoms with Crippen molar-refractivity contribution in [2.45, 2.75) is 9.79 Å². The van der Waals surface area contributed by atoms with E-state index in [1.165, 1.54) is 25.4 Å². The Hall–Kier alpha value is -2.12. The molecule has 118 valence electrons. The van der Waals surface area contributed by atoms with Crippen LogP contribution < -0.4 is 4.74 Å². The Kier molecular flexibility index (Phi) is 3.99. The third kappa shape index (κ3) is 2.77. The number of ether oxygens (including phenoxy) is 1. The second-order valence-corrected chi connectivity index (χ2v) is 7.65. The Labute approximate surface area is 141 Å². The van der Waals surface area contributed by atoms with Crippen LogP contribution in [0.3, 0.4) is 0 Å². The van der Waals surface area contributed by atoms with Crippen LogP contribution in [0.4, 0.5) is 0 Å². The van der Waals surface area contributed by atoms with Crippen LogP contribution in [0.1, 0.15) is 0 Å². The molecule has 0 radical (unpaired) electrons. The van der Waals surface area contributed by atoms with Crippen molar-refractivity contribution in [3.8, 4) is 11.5 Å². The van der Waals surface area contributed by atoms with Crippen LogP contribution >= 0.6 is 15.9 Å². The summed E-state index contributed by atoms with van der Waals surface area (Å²) in [6.45, 7) is 0. The van der Waals surface area contributed by atoms with Gasteiger partial charge < -0.3 is 9.84 Å². The predicted octanol–water partition coefficient (Wildman–Crippen LogP) is 3.54. The molecule has 0 aliphatic heterocycles. The van der Waals surface area contributed by atoms with E-state index < -0.39 is 9.84 Å². The zero-order chi connectivity index (χ0) is 16.6. The zero-order valence-corrected chi connectivity index (χ0v) is 14.4. The average Bonchev–Trinajstić information content (AvgIpc) is 2.55. The molecule has 1 heterocycles. The van der Waals surface area contributed by atoms with E-state index in [4.69, 9.17) is 4.74 Å². The summed E-state index contributed by atoms with van der Waals surface area (Å²) in [6.07, 6.45) is 1.17. The lowest BCUT2D eigenvalue weighted by atomic mass is 10.2. The van der Waals surface area contributed by atoms with Crippen molar-refractivity contribution in [2.75, 3.05) is 7.11 Å². The number of benzene rings is 2. The first-order valence-electron chi connectivity index (χ1n) is 6.60. The summed E-state index contributed by atoms with van der Waals surface area (Å²) in [5.74, 6) is 0.237. The molecule has 23 heavy (non-hydrogen) atoms. The van der Waals surface area contributed by atoms with Crippen LogP contribution in [0.5, 0.6) is 11.5 Å². The summed E-state index contributed by atoms with van der Waals surface area (Å²) in [5.41, 5.74) is 0.513. The molecule has 0 atom stereocenters. The van der Waals surface area contributed by atoms with Gasteiger partial charge in [-0.2, -0.15) is 0 Å². The second-order valence-electron chi connectivity index (χ2n) is 4.81. The molecule has 0 bridgehead atoms. The smallest absolute Gasteiger partial charge is 0.211 e. The molecular weight excluding hydrogens is 382 g/mol. The van der Waals surface area contributed by atoms with E-state index >= 15 is 0 Å². The standard InChI is InChI=1S/C16H12BrNO4S/c1-22-11-3-5-12(6-4-11)23(20,21)15-9-18-14-7-2-10(17)8-13(14)16(15)19/h2-9H,1H3,(H,18,19). The Balaban J connectivity index is 2.19. The van der Waals surface area contributed by atoms with Crippen molar-refractivity contribution >= 4 is 36.7 Å². The first kappa shape index (κ1) is 15.8. The molecule has 1 aromatic heterocycles. The number of sulfone groups is 1. The van der Waals surface area contributed by atoms with Gasteiger partial charge in [-0.15, -0.1) is 0 Å². The number of aromatic nitrogens is 1. The maximum absolute atomic E-state index is 12.7. The first-order chi connectivity index (χ1) is 10.9. The lowest BCUT2D eigenvalue weighted by molar-refractivity contribution is 0.414. The summed E-state index contributed by atoms with van der Waals surface area (Å²) in [6, 6.07) is 11.1. The van der Waals surface area contributed by atoms with Gasteiger partial charge in [-0.25, -0.2) is 8.42 Å². The molecule has 0 amide bonds. The highest BCUT2D eigenvalue weighted by molar-refractivity contribution is 9.10. The van der Waals surface area contributed by atoms with Crippen molar-refractivity contribution in [1.29, 1.82) is 0 Å². The summed E-state index contributed by atoms with van der Waals surface area (Å²) in [5, 5.41) is 10.8. The van der Waals surface area contributed by atoms with E-state index in [1.807, 2.05) is 0 Å². The van der Waals surface area contributed by atoms with E-state index in [0.717, 1.165) is 4.47 Å². The summed E-state index contributed by atoms with van der Waals surface area (Å²) >= 11 is 3.30. The van der Waals surface area contributed by atoms with Gasteiger partial charge in [0.15, 0.2) is 0 Å². The molecule has 0 aliphatic carbocycles. The van der Waals surface area contributed by atoms with Crippen molar-refractivity contribution in [2.24, 2.45) is 0 Å². The van der Waals surface area contributed by atoms with Crippen molar-refractivity contribution in [3.63, 3.8) is 0 Å². The van der Waals surface area contributed by atoms with Gasteiger partial charge in [0, 0.05) is 9.86 Å². The third-order valence-corrected chi connectivity index (χ3v) is 5.69. The quantitative estimate of drug-likeness (QED) is 0.736. The van der Waals surface area contributed by atoms with Gasteiger partial charge in [0.1, 0.15) is 16.4 Å². The summed E-state index contributed by atoms with van der Waals surface area (Å²) < 4.78 is 31.2. The van der Waals surface area contributed by atoms with Crippen molar-refractivity contribution < 1.29 is 18.3 Å². The number of halogens is 1. The minimum Gasteiger partial charge on any atom is -0.506 e. The van der Waals surface area contributed by atoms with Crippen LogP contribution in [-0.4, -0.2) is 25.6 Å². The highest BCUT2D eigenvalue weighted by Crippen LogP contribution is 2.35. The molecule has 1 N–H and O–H groups in total. The van der Waals surface area contributed by atoms with Gasteiger partial charge in [0.05, 0.1) is 23.7 Å². The number of methoxy groups -OCH3 is 1. The van der Waals surface area contributed by atoms with Crippen LogP contribution in [0.15, 0.2) is 62.9 Å². The lowest BCUT2D eigenvalue weighted by Gasteiger charge is -2.09. The van der Waals surface area contributed by atoms with E-state index in [9.17, 15) is 13.5 Å². The summed E-state index contributed by atoms with van der Waals surface area (Å²) in [4.78, 5) is 3.96. The maximum Gasteiger partial charge on any atom is 0.211 e. The Morgan fingerprint density at radius 2 is 1.83 bits per heavy atom. The number of aromatic hydroxyl groups is 1. The number of fused-ring (bicyclic) bond motifs is 1. The second kappa shape index (κ2) is 5.82.